The van der Waals surface area contributed by atoms with Crippen LogP contribution in [0.1, 0.15) is 52.0 Å². The Morgan fingerprint density at radius 2 is 1.65 bits per heavy atom. The van der Waals surface area contributed by atoms with E-state index >= 15 is 0 Å². The van der Waals surface area contributed by atoms with Crippen molar-refractivity contribution in [2.45, 2.75) is 46.5 Å². The number of carbonyl (C=O) groups is 1. The van der Waals surface area contributed by atoms with Gasteiger partial charge in [0.25, 0.3) is 0 Å². The second kappa shape index (κ2) is 6.43. The molecule has 1 aromatic rings. The van der Waals surface area contributed by atoms with E-state index in [9.17, 15) is 4.79 Å². The van der Waals surface area contributed by atoms with E-state index in [0.717, 1.165) is 18.5 Å². The molecule has 1 amide bonds. The summed E-state index contributed by atoms with van der Waals surface area (Å²) in [5.41, 5.74) is 2.19. The van der Waals surface area contributed by atoms with Gasteiger partial charge in [0.05, 0.1) is 0 Å². The van der Waals surface area contributed by atoms with Crippen molar-refractivity contribution in [2.75, 3.05) is 5.32 Å². The Hall–Kier alpha value is -1.31. The zero-order chi connectivity index (χ0) is 12.8. The molecule has 0 atom stereocenters. The molecule has 0 heterocycles. The zero-order valence-corrected chi connectivity index (χ0v) is 11.3. The maximum atomic E-state index is 11.9. The lowest BCUT2D eigenvalue weighted by Gasteiger charge is -2.13. The summed E-state index contributed by atoms with van der Waals surface area (Å²) in [6.45, 7) is 8.43. The van der Waals surface area contributed by atoms with Gasteiger partial charge in [0.2, 0.25) is 5.91 Å². The highest BCUT2D eigenvalue weighted by atomic mass is 16.1. The topological polar surface area (TPSA) is 29.1 Å². The summed E-state index contributed by atoms with van der Waals surface area (Å²) in [6, 6.07) is 8.12. The third-order valence-corrected chi connectivity index (χ3v) is 3.20. The molecule has 0 saturated heterocycles. The summed E-state index contributed by atoms with van der Waals surface area (Å²) in [7, 11) is 0. The Kier molecular flexibility index (Phi) is 5.20. The van der Waals surface area contributed by atoms with Crippen molar-refractivity contribution in [2.24, 2.45) is 5.92 Å². The lowest BCUT2D eigenvalue weighted by atomic mass is 10.0. The molecule has 0 unspecified atom stereocenters. The summed E-state index contributed by atoms with van der Waals surface area (Å²) >= 11 is 0. The number of carbonyl (C=O) groups excluding carboxylic acids is 1. The van der Waals surface area contributed by atoms with Gasteiger partial charge in [-0.3, -0.25) is 4.79 Å². The standard InChI is InChI=1S/C15H23NO/c1-5-12(6-2)15(17)16-14-9-7-13(8-10-14)11(3)4/h7-12H,5-6H2,1-4H3,(H,16,17). The molecule has 0 aromatic heterocycles. The van der Waals surface area contributed by atoms with Crippen molar-refractivity contribution < 1.29 is 4.79 Å². The van der Waals surface area contributed by atoms with Crippen LogP contribution in [-0.4, -0.2) is 5.91 Å². The molecule has 0 aliphatic rings. The number of hydrogen-bond acceptors (Lipinski definition) is 1. The zero-order valence-electron chi connectivity index (χ0n) is 11.3. The van der Waals surface area contributed by atoms with Gasteiger partial charge in [0.15, 0.2) is 0 Å². The molecule has 1 N–H and O–H groups in total. The van der Waals surface area contributed by atoms with Crippen LogP contribution in [-0.2, 0) is 4.79 Å². The van der Waals surface area contributed by atoms with Gasteiger partial charge < -0.3 is 5.32 Å². The number of nitrogens with one attached hydrogen (secondary N) is 1. The van der Waals surface area contributed by atoms with Gasteiger partial charge in [-0.1, -0.05) is 39.8 Å². The third-order valence-electron chi connectivity index (χ3n) is 3.20. The average molecular weight is 233 g/mol. The Balaban J connectivity index is 2.66. The van der Waals surface area contributed by atoms with Gasteiger partial charge in [-0.15, -0.1) is 0 Å². The third kappa shape index (κ3) is 3.88. The normalized spacial score (nSPS) is 10.9. The average Bonchev–Trinajstić information content (AvgIpc) is 2.31. The van der Waals surface area contributed by atoms with Crippen LogP contribution < -0.4 is 5.32 Å². The fourth-order valence-corrected chi connectivity index (χ4v) is 1.86. The Morgan fingerprint density at radius 3 is 2.06 bits per heavy atom. The van der Waals surface area contributed by atoms with Gasteiger partial charge in [0, 0.05) is 11.6 Å². The fourth-order valence-electron chi connectivity index (χ4n) is 1.86. The first kappa shape index (κ1) is 13.8. The van der Waals surface area contributed by atoms with Gasteiger partial charge in [-0.2, -0.15) is 0 Å². The minimum absolute atomic E-state index is 0.125. The summed E-state index contributed by atoms with van der Waals surface area (Å²) in [4.78, 5) is 11.9. The van der Waals surface area contributed by atoms with Crippen LogP contribution in [0, 0.1) is 5.92 Å². The highest BCUT2D eigenvalue weighted by Gasteiger charge is 2.13. The molecule has 0 saturated carbocycles. The smallest absolute Gasteiger partial charge is 0.227 e. The van der Waals surface area contributed by atoms with Crippen molar-refractivity contribution in [3.8, 4) is 0 Å². The molecule has 0 spiro atoms. The largest absolute Gasteiger partial charge is 0.326 e. The minimum atomic E-state index is 0.125. The molecule has 1 rings (SSSR count). The molecule has 0 aliphatic heterocycles. The fraction of sp³-hybridized carbons (Fsp3) is 0.533. The summed E-state index contributed by atoms with van der Waals surface area (Å²) in [5.74, 6) is 0.783. The molecule has 17 heavy (non-hydrogen) atoms. The first-order valence-electron chi connectivity index (χ1n) is 6.49. The van der Waals surface area contributed by atoms with Crippen molar-refractivity contribution in [3.05, 3.63) is 29.8 Å². The lowest BCUT2D eigenvalue weighted by Crippen LogP contribution is -2.21. The van der Waals surface area contributed by atoms with Crippen molar-refractivity contribution in [1.29, 1.82) is 0 Å². The number of anilines is 1. The van der Waals surface area contributed by atoms with Crippen LogP contribution in [0.4, 0.5) is 5.69 Å². The molecule has 1 aromatic carbocycles. The van der Waals surface area contributed by atoms with E-state index in [4.69, 9.17) is 0 Å². The lowest BCUT2D eigenvalue weighted by molar-refractivity contribution is -0.120. The van der Waals surface area contributed by atoms with E-state index in [0.29, 0.717) is 5.92 Å². The Bertz CT molecular complexity index is 350. The van der Waals surface area contributed by atoms with E-state index in [1.807, 2.05) is 12.1 Å². The van der Waals surface area contributed by atoms with E-state index < -0.39 is 0 Å². The van der Waals surface area contributed by atoms with Crippen LogP contribution in [0.15, 0.2) is 24.3 Å². The summed E-state index contributed by atoms with van der Waals surface area (Å²) < 4.78 is 0. The van der Waals surface area contributed by atoms with E-state index in [1.165, 1.54) is 5.56 Å². The quantitative estimate of drug-likeness (QED) is 0.812. The second-order valence-electron chi connectivity index (χ2n) is 4.78. The number of rotatable bonds is 5. The Morgan fingerprint density at radius 1 is 1.12 bits per heavy atom. The van der Waals surface area contributed by atoms with Gasteiger partial charge in [-0.05, 0) is 36.5 Å². The molecule has 2 nitrogen and oxygen atoms in total. The summed E-state index contributed by atoms with van der Waals surface area (Å²) in [5, 5.41) is 2.97. The van der Waals surface area contributed by atoms with Gasteiger partial charge in [0.1, 0.15) is 0 Å². The second-order valence-corrected chi connectivity index (χ2v) is 4.78. The highest BCUT2D eigenvalue weighted by molar-refractivity contribution is 5.92. The Labute approximate surface area is 104 Å². The summed E-state index contributed by atoms with van der Waals surface area (Å²) in [6.07, 6.45) is 1.79. The van der Waals surface area contributed by atoms with E-state index in [2.05, 4.69) is 45.1 Å². The molecule has 0 bridgehead atoms. The van der Waals surface area contributed by atoms with Crippen LogP contribution >= 0.6 is 0 Å². The first-order valence-corrected chi connectivity index (χ1v) is 6.49. The van der Waals surface area contributed by atoms with Crippen molar-refractivity contribution in [3.63, 3.8) is 0 Å². The SMILES string of the molecule is CCC(CC)C(=O)Nc1ccc(C(C)C)cc1. The minimum Gasteiger partial charge on any atom is -0.326 e. The van der Waals surface area contributed by atoms with E-state index in [-0.39, 0.29) is 11.8 Å². The number of benzene rings is 1. The molecule has 2 heteroatoms. The molecular weight excluding hydrogens is 210 g/mol. The van der Waals surface area contributed by atoms with Crippen molar-refractivity contribution in [1.82, 2.24) is 0 Å². The molecule has 0 aliphatic carbocycles. The number of amides is 1. The van der Waals surface area contributed by atoms with E-state index in [1.54, 1.807) is 0 Å². The van der Waals surface area contributed by atoms with Crippen LogP contribution in [0.5, 0.6) is 0 Å². The molecule has 0 fully saturated rings. The predicted molar refractivity (Wildman–Crippen MR) is 73.2 cm³/mol. The maximum Gasteiger partial charge on any atom is 0.227 e. The van der Waals surface area contributed by atoms with Crippen LogP contribution in [0.3, 0.4) is 0 Å². The molecular formula is C15H23NO. The molecule has 94 valence electrons. The predicted octanol–water partition coefficient (Wildman–Crippen LogP) is 4.18. The van der Waals surface area contributed by atoms with Gasteiger partial charge >= 0.3 is 0 Å². The highest BCUT2D eigenvalue weighted by Crippen LogP contribution is 2.18. The molecule has 0 radical (unpaired) electrons. The van der Waals surface area contributed by atoms with Crippen molar-refractivity contribution >= 4 is 11.6 Å². The monoisotopic (exact) mass is 233 g/mol. The first-order chi connectivity index (χ1) is 8.08. The van der Waals surface area contributed by atoms with Gasteiger partial charge in [-0.25, -0.2) is 0 Å². The van der Waals surface area contributed by atoms with Crippen LogP contribution in [0.25, 0.3) is 0 Å². The van der Waals surface area contributed by atoms with Crippen LogP contribution in [0.2, 0.25) is 0 Å². The number of hydrogen-bond donors (Lipinski definition) is 1. The maximum absolute atomic E-state index is 11.9.